The fourth-order valence-corrected chi connectivity index (χ4v) is 1.65. The molecular formula is C14H23NO. The highest BCUT2D eigenvalue weighted by Crippen LogP contribution is 2.21. The van der Waals surface area contributed by atoms with Gasteiger partial charge in [0.25, 0.3) is 0 Å². The van der Waals surface area contributed by atoms with Crippen LogP contribution in [0.15, 0.2) is 18.2 Å². The average molecular weight is 221 g/mol. The molecule has 0 radical (unpaired) electrons. The highest BCUT2D eigenvalue weighted by molar-refractivity contribution is 5.36. The maximum Gasteiger partial charge on any atom is 0.122 e. The third-order valence-electron chi connectivity index (χ3n) is 2.49. The Kier molecular flexibility index (Phi) is 4.81. The Morgan fingerprint density at radius 1 is 1.25 bits per heavy atom. The first kappa shape index (κ1) is 13.0. The van der Waals surface area contributed by atoms with Crippen LogP contribution < -0.4 is 10.5 Å². The Balaban J connectivity index is 2.67. The molecule has 16 heavy (non-hydrogen) atoms. The van der Waals surface area contributed by atoms with Crippen molar-refractivity contribution in [3.63, 3.8) is 0 Å². The second-order valence-corrected chi connectivity index (χ2v) is 4.78. The number of rotatable bonds is 5. The summed E-state index contributed by atoms with van der Waals surface area (Å²) in [5, 5.41) is 0. The minimum Gasteiger partial charge on any atom is -0.491 e. The molecule has 0 saturated carbocycles. The van der Waals surface area contributed by atoms with Crippen LogP contribution in [0.4, 0.5) is 0 Å². The number of hydrogen-bond donors (Lipinski definition) is 1. The van der Waals surface area contributed by atoms with Crippen LogP contribution in [0.25, 0.3) is 0 Å². The van der Waals surface area contributed by atoms with Gasteiger partial charge in [-0.3, -0.25) is 0 Å². The van der Waals surface area contributed by atoms with E-state index in [0.717, 1.165) is 18.6 Å². The van der Waals surface area contributed by atoms with E-state index in [9.17, 15) is 0 Å². The Morgan fingerprint density at radius 2 is 1.94 bits per heavy atom. The predicted molar refractivity (Wildman–Crippen MR) is 68.9 cm³/mol. The van der Waals surface area contributed by atoms with Gasteiger partial charge in [-0.2, -0.15) is 0 Å². The molecular weight excluding hydrogens is 198 g/mol. The number of aryl methyl sites for hydroxylation is 2. The first-order valence-electron chi connectivity index (χ1n) is 6.01. The minimum atomic E-state index is 0.230. The van der Waals surface area contributed by atoms with E-state index in [1.807, 2.05) is 20.8 Å². The average Bonchev–Trinajstić information content (AvgIpc) is 2.18. The van der Waals surface area contributed by atoms with E-state index in [1.54, 1.807) is 0 Å². The molecule has 0 saturated heterocycles. The molecule has 0 fully saturated rings. The smallest absolute Gasteiger partial charge is 0.122 e. The van der Waals surface area contributed by atoms with Crippen molar-refractivity contribution in [2.75, 3.05) is 0 Å². The van der Waals surface area contributed by atoms with E-state index in [2.05, 4.69) is 25.1 Å². The van der Waals surface area contributed by atoms with Gasteiger partial charge in [0.2, 0.25) is 0 Å². The Morgan fingerprint density at radius 3 is 2.44 bits per heavy atom. The molecule has 0 aliphatic carbocycles. The zero-order chi connectivity index (χ0) is 12.1. The Hall–Kier alpha value is -1.02. The highest BCUT2D eigenvalue weighted by atomic mass is 16.5. The number of hydrogen-bond acceptors (Lipinski definition) is 2. The molecule has 2 heteroatoms. The van der Waals surface area contributed by atoms with Crippen LogP contribution in [0.1, 0.15) is 38.3 Å². The summed E-state index contributed by atoms with van der Waals surface area (Å²) in [7, 11) is 0. The van der Waals surface area contributed by atoms with Crippen molar-refractivity contribution in [3.8, 4) is 5.75 Å². The number of nitrogens with two attached hydrogens (primary N) is 1. The summed E-state index contributed by atoms with van der Waals surface area (Å²) in [5.74, 6) is 0.986. The van der Waals surface area contributed by atoms with E-state index in [-0.39, 0.29) is 12.1 Å². The number of benzene rings is 1. The second-order valence-electron chi connectivity index (χ2n) is 4.78. The number of ether oxygens (including phenoxy) is 1. The van der Waals surface area contributed by atoms with Gasteiger partial charge < -0.3 is 10.5 Å². The first-order valence-corrected chi connectivity index (χ1v) is 6.01. The molecule has 1 aromatic carbocycles. The van der Waals surface area contributed by atoms with Crippen LogP contribution in [-0.4, -0.2) is 12.1 Å². The molecule has 1 rings (SSSR count). The summed E-state index contributed by atoms with van der Waals surface area (Å²) in [4.78, 5) is 0. The maximum atomic E-state index is 5.75. The topological polar surface area (TPSA) is 35.2 Å². The van der Waals surface area contributed by atoms with Gasteiger partial charge in [-0.1, -0.05) is 12.1 Å². The fourth-order valence-electron chi connectivity index (χ4n) is 1.65. The van der Waals surface area contributed by atoms with Crippen LogP contribution in [-0.2, 0) is 6.42 Å². The van der Waals surface area contributed by atoms with E-state index in [0.29, 0.717) is 0 Å². The fraction of sp³-hybridized carbons (Fsp3) is 0.571. The molecule has 0 aliphatic heterocycles. The third-order valence-corrected chi connectivity index (χ3v) is 2.49. The summed E-state index contributed by atoms with van der Waals surface area (Å²) in [6.07, 6.45) is 2.30. The Bertz CT molecular complexity index is 332. The van der Waals surface area contributed by atoms with Gasteiger partial charge in [0.05, 0.1) is 6.10 Å². The maximum absolute atomic E-state index is 5.75. The highest BCUT2D eigenvalue weighted by Gasteiger charge is 2.04. The van der Waals surface area contributed by atoms with Crippen LogP contribution in [0.2, 0.25) is 0 Å². The largest absolute Gasteiger partial charge is 0.491 e. The molecule has 2 N–H and O–H groups in total. The van der Waals surface area contributed by atoms with Gasteiger partial charge in [0, 0.05) is 6.04 Å². The summed E-state index contributed by atoms with van der Waals surface area (Å²) in [6, 6.07) is 6.66. The molecule has 0 amide bonds. The molecule has 2 nitrogen and oxygen atoms in total. The van der Waals surface area contributed by atoms with Crippen molar-refractivity contribution in [1.29, 1.82) is 0 Å². The summed E-state index contributed by atoms with van der Waals surface area (Å²) in [6.45, 7) is 8.23. The zero-order valence-corrected chi connectivity index (χ0v) is 10.8. The third kappa shape index (κ3) is 4.23. The molecule has 0 aromatic heterocycles. The van der Waals surface area contributed by atoms with Gasteiger partial charge in [-0.25, -0.2) is 0 Å². The zero-order valence-electron chi connectivity index (χ0n) is 10.8. The van der Waals surface area contributed by atoms with Crippen LogP contribution >= 0.6 is 0 Å². The van der Waals surface area contributed by atoms with Crippen LogP contribution in [0.3, 0.4) is 0 Å². The SMILES string of the molecule is Cc1cc(CCC(C)N)ccc1OC(C)C. The van der Waals surface area contributed by atoms with Crippen LogP contribution in [0, 0.1) is 6.92 Å². The van der Waals surface area contributed by atoms with E-state index >= 15 is 0 Å². The van der Waals surface area contributed by atoms with Gasteiger partial charge in [0.15, 0.2) is 0 Å². The normalized spacial score (nSPS) is 12.9. The summed E-state index contributed by atoms with van der Waals surface area (Å²) >= 11 is 0. The molecule has 1 unspecified atom stereocenters. The van der Waals surface area contributed by atoms with Crippen molar-refractivity contribution in [1.82, 2.24) is 0 Å². The molecule has 0 spiro atoms. The van der Waals surface area contributed by atoms with Gasteiger partial charge >= 0.3 is 0 Å². The van der Waals surface area contributed by atoms with E-state index in [1.165, 1.54) is 11.1 Å². The van der Waals surface area contributed by atoms with E-state index < -0.39 is 0 Å². The lowest BCUT2D eigenvalue weighted by atomic mass is 10.0. The standard InChI is InChI=1S/C14H23NO/c1-10(2)16-14-8-7-13(9-11(14)3)6-5-12(4)15/h7-10,12H,5-6,15H2,1-4H3. The summed E-state index contributed by atoms with van der Waals surface area (Å²) < 4.78 is 5.70. The second kappa shape index (κ2) is 5.90. The van der Waals surface area contributed by atoms with Crippen molar-refractivity contribution >= 4 is 0 Å². The first-order chi connectivity index (χ1) is 7.49. The molecule has 0 heterocycles. The summed E-state index contributed by atoms with van der Waals surface area (Å²) in [5.41, 5.74) is 8.29. The molecule has 1 atom stereocenters. The monoisotopic (exact) mass is 221 g/mol. The van der Waals surface area contributed by atoms with Gasteiger partial charge in [-0.15, -0.1) is 0 Å². The molecule has 0 bridgehead atoms. The lowest BCUT2D eigenvalue weighted by Gasteiger charge is -2.13. The Labute approximate surface area is 98.8 Å². The molecule has 0 aliphatic rings. The molecule has 1 aromatic rings. The van der Waals surface area contributed by atoms with Gasteiger partial charge in [0.1, 0.15) is 5.75 Å². The van der Waals surface area contributed by atoms with E-state index in [4.69, 9.17) is 10.5 Å². The molecule has 90 valence electrons. The van der Waals surface area contributed by atoms with Crippen molar-refractivity contribution in [2.24, 2.45) is 5.73 Å². The predicted octanol–water partition coefficient (Wildman–Crippen LogP) is 3.06. The lowest BCUT2D eigenvalue weighted by molar-refractivity contribution is 0.240. The minimum absolute atomic E-state index is 0.230. The van der Waals surface area contributed by atoms with Crippen molar-refractivity contribution in [3.05, 3.63) is 29.3 Å². The van der Waals surface area contributed by atoms with Gasteiger partial charge in [-0.05, 0) is 57.7 Å². The van der Waals surface area contributed by atoms with Crippen molar-refractivity contribution < 1.29 is 4.74 Å². The van der Waals surface area contributed by atoms with Crippen molar-refractivity contribution in [2.45, 2.75) is 52.7 Å². The lowest BCUT2D eigenvalue weighted by Crippen LogP contribution is -2.15. The van der Waals surface area contributed by atoms with Crippen LogP contribution in [0.5, 0.6) is 5.75 Å². The quantitative estimate of drug-likeness (QED) is 0.829.